The number of rotatable bonds is 7. The molecule has 4 rings (SSSR count). The molecule has 1 saturated heterocycles. The van der Waals surface area contributed by atoms with Crippen LogP contribution in [0, 0.1) is 20.8 Å². The number of aromatic amines is 1. The summed E-state index contributed by atoms with van der Waals surface area (Å²) in [5.74, 6) is 2.15. The number of amides is 1. The van der Waals surface area contributed by atoms with Crippen molar-refractivity contribution >= 4 is 40.8 Å². The predicted molar refractivity (Wildman–Crippen MR) is 135 cm³/mol. The molecular weight excluding hydrogens is 452 g/mol. The summed E-state index contributed by atoms with van der Waals surface area (Å²) in [4.78, 5) is 22.8. The molecule has 0 unspecified atom stereocenters. The van der Waals surface area contributed by atoms with Crippen molar-refractivity contribution in [3.63, 3.8) is 0 Å². The zero-order chi connectivity index (χ0) is 24.2. The lowest BCUT2D eigenvalue weighted by molar-refractivity contribution is -0.122. The summed E-state index contributed by atoms with van der Waals surface area (Å²) in [6.07, 6.45) is 3.67. The van der Waals surface area contributed by atoms with Crippen LogP contribution in [0.3, 0.4) is 0 Å². The van der Waals surface area contributed by atoms with Crippen LogP contribution in [0.15, 0.2) is 24.4 Å². The summed E-state index contributed by atoms with van der Waals surface area (Å²) in [5.41, 5.74) is 5.63. The van der Waals surface area contributed by atoms with Crippen LogP contribution in [0.25, 0.3) is 0 Å². The first-order chi connectivity index (χ1) is 16.3. The molecule has 0 spiro atoms. The van der Waals surface area contributed by atoms with E-state index >= 15 is 0 Å². The zero-order valence-corrected chi connectivity index (χ0v) is 20.8. The number of hydrogen-bond acceptors (Lipinski definition) is 7. The minimum atomic E-state index is 0.0724. The molecule has 0 bridgehead atoms. The highest BCUT2D eigenvalue weighted by Gasteiger charge is 2.23. The monoisotopic (exact) mass is 482 g/mol. The van der Waals surface area contributed by atoms with Crippen molar-refractivity contribution in [3.05, 3.63) is 51.8 Å². The first-order valence-corrected chi connectivity index (χ1v) is 11.8. The van der Waals surface area contributed by atoms with Gasteiger partial charge < -0.3 is 16.0 Å². The van der Waals surface area contributed by atoms with Gasteiger partial charge in [0, 0.05) is 24.5 Å². The van der Waals surface area contributed by atoms with Gasteiger partial charge in [-0.05, 0) is 75.4 Å². The number of H-pyrrole nitrogens is 1. The molecular formula is C24H31ClN8O. The summed E-state index contributed by atoms with van der Waals surface area (Å²) < 4.78 is 0. The van der Waals surface area contributed by atoms with Crippen molar-refractivity contribution in [1.29, 1.82) is 0 Å². The Kier molecular flexibility index (Phi) is 7.33. The first kappa shape index (κ1) is 24.0. The molecule has 3 aromatic rings. The third-order valence-electron chi connectivity index (χ3n) is 6.23. The Labute approximate surface area is 204 Å². The van der Waals surface area contributed by atoms with Crippen molar-refractivity contribution < 1.29 is 4.79 Å². The standard InChI is InChI=1S/C24H31ClN8O/c1-14-10-20(15(2)9-18(14)17-5-7-33(8-6-17)13-22(34)26-4)28-24-27-12-19(25)23(30-24)29-21-11-16(3)31-32-21/h9-12,17H,5-8,13H2,1-4H3,(H,26,34)(H3,27,28,29,30,31,32). The molecule has 4 N–H and O–H groups in total. The van der Waals surface area contributed by atoms with Crippen molar-refractivity contribution in [2.75, 3.05) is 37.3 Å². The van der Waals surface area contributed by atoms with Gasteiger partial charge in [-0.3, -0.25) is 14.8 Å². The minimum absolute atomic E-state index is 0.0724. The minimum Gasteiger partial charge on any atom is -0.358 e. The van der Waals surface area contributed by atoms with Crippen LogP contribution in [0.4, 0.5) is 23.3 Å². The van der Waals surface area contributed by atoms with Crippen molar-refractivity contribution in [2.45, 2.75) is 39.5 Å². The number of piperidine rings is 1. The topological polar surface area (TPSA) is 111 Å². The largest absolute Gasteiger partial charge is 0.358 e. The molecule has 1 fully saturated rings. The van der Waals surface area contributed by atoms with E-state index in [1.54, 1.807) is 13.2 Å². The number of halogens is 1. The van der Waals surface area contributed by atoms with Crippen LogP contribution in [0.5, 0.6) is 0 Å². The molecule has 3 heterocycles. The molecule has 1 aliphatic rings. The number of carbonyl (C=O) groups excluding carboxylic acids is 1. The lowest BCUT2D eigenvalue weighted by Gasteiger charge is -2.32. The number of benzene rings is 1. The highest BCUT2D eigenvalue weighted by atomic mass is 35.5. The fourth-order valence-electron chi connectivity index (χ4n) is 4.34. The maximum absolute atomic E-state index is 11.7. The highest BCUT2D eigenvalue weighted by molar-refractivity contribution is 6.32. The number of likely N-dealkylation sites (tertiary alicyclic amines) is 1. The van der Waals surface area contributed by atoms with Gasteiger partial charge in [-0.2, -0.15) is 10.1 Å². The van der Waals surface area contributed by atoms with Gasteiger partial charge in [0.15, 0.2) is 11.6 Å². The van der Waals surface area contributed by atoms with Crippen molar-refractivity contribution in [3.8, 4) is 0 Å². The maximum Gasteiger partial charge on any atom is 0.233 e. The quantitative estimate of drug-likeness (QED) is 0.399. The molecule has 0 aliphatic carbocycles. The predicted octanol–water partition coefficient (Wildman–Crippen LogP) is 4.19. The summed E-state index contributed by atoms with van der Waals surface area (Å²) in [5, 5.41) is 16.6. The smallest absolute Gasteiger partial charge is 0.233 e. The highest BCUT2D eigenvalue weighted by Crippen LogP contribution is 2.34. The normalized spacial score (nSPS) is 14.7. The third-order valence-corrected chi connectivity index (χ3v) is 6.51. The molecule has 2 aromatic heterocycles. The average molecular weight is 483 g/mol. The Morgan fingerprint density at radius 1 is 1.15 bits per heavy atom. The van der Waals surface area contributed by atoms with Gasteiger partial charge in [-0.1, -0.05) is 17.7 Å². The van der Waals surface area contributed by atoms with Crippen LogP contribution in [-0.2, 0) is 4.79 Å². The van der Waals surface area contributed by atoms with Gasteiger partial charge in [-0.25, -0.2) is 4.98 Å². The SMILES string of the molecule is CNC(=O)CN1CCC(c2cc(C)c(Nc3ncc(Cl)c(Nc4cc(C)[nH]n4)n3)cc2C)CC1. The Morgan fingerprint density at radius 3 is 2.59 bits per heavy atom. The van der Waals surface area contributed by atoms with Crippen LogP contribution >= 0.6 is 11.6 Å². The molecule has 1 amide bonds. The van der Waals surface area contributed by atoms with Gasteiger partial charge >= 0.3 is 0 Å². The maximum atomic E-state index is 11.7. The second-order valence-corrected chi connectivity index (χ2v) is 9.23. The summed E-state index contributed by atoms with van der Waals surface area (Å²) in [6, 6.07) is 6.29. The van der Waals surface area contributed by atoms with Crippen LogP contribution in [-0.4, -0.2) is 57.7 Å². The van der Waals surface area contributed by atoms with E-state index in [1.807, 2.05) is 13.0 Å². The van der Waals surface area contributed by atoms with E-state index in [2.05, 4.69) is 67.0 Å². The van der Waals surface area contributed by atoms with E-state index in [4.69, 9.17) is 11.6 Å². The number of anilines is 4. The van der Waals surface area contributed by atoms with Crippen LogP contribution in [0.1, 0.15) is 41.1 Å². The van der Waals surface area contributed by atoms with E-state index in [9.17, 15) is 4.79 Å². The molecule has 10 heteroatoms. The zero-order valence-electron chi connectivity index (χ0n) is 20.0. The van der Waals surface area contributed by atoms with E-state index in [1.165, 1.54) is 11.1 Å². The second kappa shape index (κ2) is 10.4. The fourth-order valence-corrected chi connectivity index (χ4v) is 4.47. The second-order valence-electron chi connectivity index (χ2n) is 8.82. The van der Waals surface area contributed by atoms with Crippen molar-refractivity contribution in [2.24, 2.45) is 0 Å². The van der Waals surface area contributed by atoms with Crippen LogP contribution < -0.4 is 16.0 Å². The molecule has 0 radical (unpaired) electrons. The van der Waals surface area contributed by atoms with Gasteiger partial charge in [0.05, 0.1) is 12.7 Å². The van der Waals surface area contributed by atoms with Gasteiger partial charge in [-0.15, -0.1) is 0 Å². The summed E-state index contributed by atoms with van der Waals surface area (Å²) in [7, 11) is 1.68. The molecule has 1 aromatic carbocycles. The number of carbonyl (C=O) groups is 1. The van der Waals surface area contributed by atoms with Crippen molar-refractivity contribution in [1.82, 2.24) is 30.4 Å². The van der Waals surface area contributed by atoms with Gasteiger partial charge in [0.1, 0.15) is 5.02 Å². The molecule has 1 aliphatic heterocycles. The molecule has 180 valence electrons. The number of aryl methyl sites for hydroxylation is 3. The number of nitrogens with zero attached hydrogens (tertiary/aromatic N) is 4. The Balaban J connectivity index is 1.45. The molecule has 0 atom stereocenters. The number of aromatic nitrogens is 4. The summed E-state index contributed by atoms with van der Waals surface area (Å²) in [6.45, 7) is 8.50. The number of hydrogen-bond donors (Lipinski definition) is 4. The Morgan fingerprint density at radius 2 is 1.91 bits per heavy atom. The third kappa shape index (κ3) is 5.66. The number of likely N-dealkylation sites (N-methyl/N-ethyl adjacent to an activating group) is 1. The number of nitrogens with one attached hydrogen (secondary N) is 4. The Bertz CT molecular complexity index is 1170. The van der Waals surface area contributed by atoms with Crippen LogP contribution in [0.2, 0.25) is 5.02 Å². The molecule has 0 saturated carbocycles. The summed E-state index contributed by atoms with van der Waals surface area (Å²) >= 11 is 6.29. The first-order valence-electron chi connectivity index (χ1n) is 11.4. The van der Waals surface area contributed by atoms with E-state index in [-0.39, 0.29) is 5.91 Å². The van der Waals surface area contributed by atoms with E-state index in [0.29, 0.717) is 35.1 Å². The molecule has 34 heavy (non-hydrogen) atoms. The lowest BCUT2D eigenvalue weighted by Crippen LogP contribution is -2.40. The van der Waals surface area contributed by atoms with E-state index in [0.717, 1.165) is 42.9 Å². The Hall–Kier alpha value is -3.17. The lowest BCUT2D eigenvalue weighted by atomic mass is 9.85. The fraction of sp³-hybridized carbons (Fsp3) is 0.417. The van der Waals surface area contributed by atoms with Gasteiger partial charge in [0.2, 0.25) is 11.9 Å². The molecule has 9 nitrogen and oxygen atoms in total. The van der Waals surface area contributed by atoms with E-state index < -0.39 is 0 Å². The van der Waals surface area contributed by atoms with Gasteiger partial charge in [0.25, 0.3) is 0 Å². The average Bonchev–Trinajstić information content (AvgIpc) is 3.23.